The van der Waals surface area contributed by atoms with Gasteiger partial charge in [-0.25, -0.2) is 8.78 Å². The zero-order valence-electron chi connectivity index (χ0n) is 24.3. The summed E-state index contributed by atoms with van der Waals surface area (Å²) in [5, 5.41) is 0. The van der Waals surface area contributed by atoms with Crippen molar-refractivity contribution in [2.24, 2.45) is 35.5 Å². The molecule has 3 aromatic carbocycles. The Bertz CT molecular complexity index is 1360. The molecule has 0 aromatic heterocycles. The van der Waals surface area contributed by atoms with Gasteiger partial charge in [0, 0.05) is 29.3 Å². The summed E-state index contributed by atoms with van der Waals surface area (Å²) < 4.78 is 42.0. The summed E-state index contributed by atoms with van der Waals surface area (Å²) in [6.45, 7) is 0. The molecular formula is C38H40F2O2. The molecule has 0 saturated heterocycles. The fraction of sp³-hybridized carbons (Fsp3) is 0.526. The Balaban J connectivity index is 1.23. The second-order valence-electron chi connectivity index (χ2n) is 15.4. The summed E-state index contributed by atoms with van der Waals surface area (Å²) in [4.78, 5) is 0. The van der Waals surface area contributed by atoms with E-state index >= 15 is 0 Å². The van der Waals surface area contributed by atoms with Crippen LogP contribution in [0.15, 0.2) is 60.7 Å². The van der Waals surface area contributed by atoms with Crippen LogP contribution in [0.3, 0.4) is 0 Å². The maximum atomic E-state index is 14.3. The summed E-state index contributed by atoms with van der Waals surface area (Å²) in [5.41, 5.74) is 2.85. The lowest BCUT2D eigenvalue weighted by Crippen LogP contribution is -2.50. The van der Waals surface area contributed by atoms with Crippen LogP contribution >= 0.6 is 0 Å². The number of benzene rings is 3. The molecule has 2 nitrogen and oxygen atoms in total. The fourth-order valence-electron chi connectivity index (χ4n) is 11.8. The van der Waals surface area contributed by atoms with Crippen LogP contribution in [-0.4, -0.2) is 0 Å². The number of hydrogen-bond donors (Lipinski definition) is 0. The van der Waals surface area contributed by atoms with Gasteiger partial charge in [0.05, 0.1) is 0 Å². The lowest BCUT2D eigenvalue weighted by Gasteiger charge is -2.58. The minimum Gasteiger partial charge on any atom is -0.457 e. The second kappa shape index (κ2) is 9.31. The van der Waals surface area contributed by atoms with Crippen LogP contribution in [0.25, 0.3) is 0 Å². The molecule has 0 spiro atoms. The Kier molecular flexibility index (Phi) is 5.67. The molecule has 8 bridgehead atoms. The van der Waals surface area contributed by atoms with E-state index in [1.54, 1.807) is 12.1 Å². The molecule has 8 aliphatic carbocycles. The molecule has 0 N–H and O–H groups in total. The Morgan fingerprint density at radius 2 is 0.833 bits per heavy atom. The highest BCUT2D eigenvalue weighted by molar-refractivity contribution is 5.56. The van der Waals surface area contributed by atoms with Crippen molar-refractivity contribution in [3.05, 3.63) is 83.4 Å². The molecule has 42 heavy (non-hydrogen) atoms. The second-order valence-corrected chi connectivity index (χ2v) is 15.4. The molecule has 3 aromatic rings. The van der Waals surface area contributed by atoms with Crippen molar-refractivity contribution in [1.29, 1.82) is 0 Å². The molecule has 0 heterocycles. The van der Waals surface area contributed by atoms with E-state index in [2.05, 4.69) is 12.1 Å². The minimum absolute atomic E-state index is 0.103. The Hall–Kier alpha value is -2.88. The summed E-state index contributed by atoms with van der Waals surface area (Å²) >= 11 is 0. The van der Waals surface area contributed by atoms with E-state index in [1.165, 1.54) is 112 Å². The van der Waals surface area contributed by atoms with Gasteiger partial charge in [-0.3, -0.25) is 0 Å². The highest BCUT2D eigenvalue weighted by Crippen LogP contribution is 2.66. The molecule has 11 rings (SSSR count). The van der Waals surface area contributed by atoms with Gasteiger partial charge in [-0.15, -0.1) is 0 Å². The van der Waals surface area contributed by atoms with Crippen LogP contribution in [0.4, 0.5) is 8.78 Å². The molecule has 0 atom stereocenters. The number of rotatable bonds is 6. The summed E-state index contributed by atoms with van der Waals surface area (Å²) in [6, 6.07) is 17.6. The number of halogens is 2. The van der Waals surface area contributed by atoms with Crippen molar-refractivity contribution in [3.8, 4) is 23.0 Å². The molecule has 0 radical (unpaired) electrons. The van der Waals surface area contributed by atoms with E-state index in [-0.39, 0.29) is 22.5 Å². The van der Waals surface area contributed by atoms with Gasteiger partial charge >= 0.3 is 0 Å². The Labute approximate surface area is 247 Å². The van der Waals surface area contributed by atoms with Crippen LogP contribution < -0.4 is 9.47 Å². The fourth-order valence-corrected chi connectivity index (χ4v) is 11.8. The van der Waals surface area contributed by atoms with Crippen molar-refractivity contribution < 1.29 is 18.3 Å². The molecule has 8 aliphatic rings. The van der Waals surface area contributed by atoms with E-state index in [9.17, 15) is 8.78 Å². The van der Waals surface area contributed by atoms with Crippen molar-refractivity contribution in [3.63, 3.8) is 0 Å². The summed E-state index contributed by atoms with van der Waals surface area (Å²) in [7, 11) is 0. The van der Waals surface area contributed by atoms with Crippen LogP contribution in [0.2, 0.25) is 0 Å². The van der Waals surface area contributed by atoms with Crippen molar-refractivity contribution in [2.75, 3.05) is 0 Å². The van der Waals surface area contributed by atoms with Crippen LogP contribution in [0.1, 0.15) is 88.2 Å². The third kappa shape index (κ3) is 4.22. The van der Waals surface area contributed by atoms with Gasteiger partial charge in [0.2, 0.25) is 0 Å². The Morgan fingerprint density at radius 3 is 1.17 bits per heavy atom. The van der Waals surface area contributed by atoms with Crippen molar-refractivity contribution >= 4 is 0 Å². The molecule has 218 valence electrons. The number of hydrogen-bond acceptors (Lipinski definition) is 2. The molecule has 8 fully saturated rings. The first-order valence-corrected chi connectivity index (χ1v) is 16.5. The molecule has 0 aliphatic heterocycles. The summed E-state index contributed by atoms with van der Waals surface area (Å²) in [5.74, 6) is 6.79. The van der Waals surface area contributed by atoms with Crippen molar-refractivity contribution in [2.45, 2.75) is 87.9 Å². The average molecular weight is 567 g/mol. The largest absolute Gasteiger partial charge is 0.457 e. The van der Waals surface area contributed by atoms with Gasteiger partial charge in [0.15, 0.2) is 0 Å². The normalized spacial score (nSPS) is 37.3. The van der Waals surface area contributed by atoms with Gasteiger partial charge in [-0.1, -0.05) is 12.1 Å². The molecule has 8 saturated carbocycles. The molecule has 0 amide bonds. The maximum absolute atomic E-state index is 14.3. The zero-order valence-corrected chi connectivity index (χ0v) is 24.3. The van der Waals surface area contributed by atoms with E-state index < -0.39 is 0 Å². The first-order chi connectivity index (χ1) is 20.4. The van der Waals surface area contributed by atoms with E-state index in [1.807, 2.05) is 12.1 Å². The molecular weight excluding hydrogens is 526 g/mol. The SMILES string of the molecule is Fc1cccc(Oc2cc(Oc3cccc(F)c3)c(C34CC5CC(CC(C5)C3)C4)cc2C23CC4CC(CC(C4)C2)C3)c1. The standard InChI is InChI=1S/C38H40F2O2/c39-29-3-1-5-31(13-29)41-35-16-36(42-32-6-2-4-30(40)14-32)34(38-20-26-10-27(21-38)12-28(11-26)22-38)15-33(35)37-17-23-7-24(18-37)9-25(8-23)19-37/h1-6,13-16,23-28H,7-12,17-22H2. The van der Waals surface area contributed by atoms with Gasteiger partial charge in [-0.2, -0.15) is 0 Å². The van der Waals surface area contributed by atoms with Gasteiger partial charge < -0.3 is 9.47 Å². The van der Waals surface area contributed by atoms with E-state index in [0.717, 1.165) is 47.0 Å². The molecule has 0 unspecified atom stereocenters. The zero-order chi connectivity index (χ0) is 28.1. The highest BCUT2D eigenvalue weighted by atomic mass is 19.1. The average Bonchev–Trinajstić information content (AvgIpc) is 2.91. The highest BCUT2D eigenvalue weighted by Gasteiger charge is 2.55. The predicted molar refractivity (Wildman–Crippen MR) is 159 cm³/mol. The monoisotopic (exact) mass is 566 g/mol. The smallest absolute Gasteiger partial charge is 0.134 e. The van der Waals surface area contributed by atoms with Gasteiger partial charge in [-0.05, 0) is 154 Å². The van der Waals surface area contributed by atoms with Gasteiger partial charge in [0.1, 0.15) is 34.6 Å². The lowest BCUT2D eigenvalue weighted by atomic mass is 9.46. The number of ether oxygens (including phenoxy) is 2. The maximum Gasteiger partial charge on any atom is 0.134 e. The van der Waals surface area contributed by atoms with E-state index in [4.69, 9.17) is 9.47 Å². The van der Waals surface area contributed by atoms with Crippen molar-refractivity contribution in [1.82, 2.24) is 0 Å². The lowest BCUT2D eigenvalue weighted by molar-refractivity contribution is -0.00937. The molecule has 4 heteroatoms. The topological polar surface area (TPSA) is 18.5 Å². The third-order valence-corrected chi connectivity index (χ3v) is 12.3. The van der Waals surface area contributed by atoms with E-state index in [0.29, 0.717) is 11.5 Å². The first-order valence-electron chi connectivity index (χ1n) is 16.5. The third-order valence-electron chi connectivity index (χ3n) is 12.3. The quantitative estimate of drug-likeness (QED) is 0.295. The summed E-state index contributed by atoms with van der Waals surface area (Å²) in [6.07, 6.45) is 15.6. The Morgan fingerprint density at radius 1 is 0.476 bits per heavy atom. The van der Waals surface area contributed by atoms with Gasteiger partial charge in [0.25, 0.3) is 0 Å². The minimum atomic E-state index is -0.301. The van der Waals surface area contributed by atoms with Crippen LogP contribution in [0.5, 0.6) is 23.0 Å². The van der Waals surface area contributed by atoms with Crippen LogP contribution in [0, 0.1) is 47.1 Å². The first kappa shape index (κ1) is 25.6. The predicted octanol–water partition coefficient (Wildman–Crippen LogP) is 10.5. The van der Waals surface area contributed by atoms with Crippen LogP contribution in [-0.2, 0) is 10.8 Å².